The highest BCUT2D eigenvalue weighted by Crippen LogP contribution is 2.26. The number of nitrogens with two attached hydrogens (primary N) is 1. The molecule has 2 aromatic carbocycles. The Morgan fingerprint density at radius 3 is 2.48 bits per heavy atom. The molecule has 0 saturated carbocycles. The minimum absolute atomic E-state index is 0.102. The monoisotopic (exact) mass is 420 g/mol. The highest BCUT2D eigenvalue weighted by atomic mass is 32.2. The zero-order chi connectivity index (χ0) is 21.6. The molecule has 0 aliphatic carbocycles. The molecule has 1 atom stereocenters. The zero-order valence-electron chi connectivity index (χ0n) is 16.5. The number of rotatable bonds is 8. The first kappa shape index (κ1) is 22.4. The summed E-state index contributed by atoms with van der Waals surface area (Å²) in [5, 5.41) is 7.82. The van der Waals surface area contributed by atoms with Crippen molar-refractivity contribution in [3.8, 4) is 5.75 Å². The van der Waals surface area contributed by atoms with Crippen molar-refractivity contribution in [2.75, 3.05) is 19.0 Å². The van der Waals surface area contributed by atoms with Gasteiger partial charge in [-0.25, -0.2) is 18.4 Å². The number of ether oxygens (including phenoxy) is 2. The molecule has 0 heterocycles. The largest absolute Gasteiger partial charge is 0.496 e. The minimum Gasteiger partial charge on any atom is -0.496 e. The molecule has 0 saturated heterocycles. The Bertz CT molecular complexity index is 1000. The molecule has 0 aromatic heterocycles. The molecule has 0 radical (unpaired) electrons. The summed E-state index contributed by atoms with van der Waals surface area (Å²) in [6.45, 7) is 3.56. The Morgan fingerprint density at radius 2 is 1.86 bits per heavy atom. The predicted molar refractivity (Wildman–Crippen MR) is 108 cm³/mol. The number of para-hydroxylation sites is 1. The van der Waals surface area contributed by atoms with Gasteiger partial charge < -0.3 is 14.8 Å². The van der Waals surface area contributed by atoms with Gasteiger partial charge in [-0.05, 0) is 42.2 Å². The van der Waals surface area contributed by atoms with E-state index in [0.717, 1.165) is 18.1 Å². The molecule has 29 heavy (non-hydrogen) atoms. The van der Waals surface area contributed by atoms with Crippen LogP contribution in [0.15, 0.2) is 47.4 Å². The van der Waals surface area contributed by atoms with E-state index in [9.17, 15) is 18.0 Å². The van der Waals surface area contributed by atoms with Gasteiger partial charge in [0.2, 0.25) is 10.0 Å². The van der Waals surface area contributed by atoms with Gasteiger partial charge in [0.25, 0.3) is 5.91 Å². The van der Waals surface area contributed by atoms with Crippen molar-refractivity contribution in [3.05, 3.63) is 53.6 Å². The molecule has 0 bridgehead atoms. The molecule has 8 nitrogen and oxygen atoms in total. The number of hydrogen-bond donors (Lipinski definition) is 2. The van der Waals surface area contributed by atoms with Gasteiger partial charge >= 0.3 is 5.97 Å². The van der Waals surface area contributed by atoms with Crippen LogP contribution >= 0.6 is 0 Å². The number of esters is 1. The Labute approximate surface area is 170 Å². The highest BCUT2D eigenvalue weighted by molar-refractivity contribution is 7.89. The van der Waals surface area contributed by atoms with E-state index >= 15 is 0 Å². The van der Waals surface area contributed by atoms with Crippen LogP contribution in [0.5, 0.6) is 5.75 Å². The van der Waals surface area contributed by atoms with Crippen LogP contribution < -0.4 is 15.2 Å². The fraction of sp³-hybridized carbons (Fsp3) is 0.300. The van der Waals surface area contributed by atoms with E-state index in [-0.39, 0.29) is 22.1 Å². The number of amides is 1. The van der Waals surface area contributed by atoms with E-state index in [1.807, 2.05) is 19.1 Å². The third-order valence-electron chi connectivity index (χ3n) is 4.43. The molecule has 0 aliphatic rings. The summed E-state index contributed by atoms with van der Waals surface area (Å²) in [7, 11) is -2.69. The second-order valence-electron chi connectivity index (χ2n) is 6.43. The van der Waals surface area contributed by atoms with Gasteiger partial charge in [-0.2, -0.15) is 0 Å². The summed E-state index contributed by atoms with van der Waals surface area (Å²) >= 11 is 0. The summed E-state index contributed by atoms with van der Waals surface area (Å²) in [6.07, 6.45) is 0.905. The minimum atomic E-state index is -4.01. The summed E-state index contributed by atoms with van der Waals surface area (Å²) in [4.78, 5) is 24.4. The van der Waals surface area contributed by atoms with Crippen LogP contribution in [0, 0.1) is 0 Å². The molecule has 2 aromatic rings. The molecule has 3 N–H and O–H groups in total. The molecule has 0 spiro atoms. The Kier molecular flexibility index (Phi) is 7.35. The van der Waals surface area contributed by atoms with Crippen LogP contribution in [-0.4, -0.2) is 34.0 Å². The van der Waals surface area contributed by atoms with E-state index in [1.165, 1.54) is 19.2 Å². The number of hydrogen-bond acceptors (Lipinski definition) is 6. The average Bonchev–Trinajstić information content (AvgIpc) is 2.70. The van der Waals surface area contributed by atoms with Crippen molar-refractivity contribution >= 4 is 27.6 Å². The zero-order valence-corrected chi connectivity index (χ0v) is 17.3. The molecule has 2 rings (SSSR count). The standard InChI is InChI=1S/C20H24N2O6S/c1-4-13(2)15-7-5-6-8-17(15)22-19(23)12-28-20(24)16-11-14(29(21,25)26)9-10-18(16)27-3/h5-11,13H,4,12H2,1-3H3,(H,22,23)(H2,21,25,26)/t13-/m1/s1. The molecule has 1 amide bonds. The SMILES string of the molecule is CC[C@@H](C)c1ccccc1NC(=O)COC(=O)c1cc(S(N)(=O)=O)ccc1OC. The van der Waals surface area contributed by atoms with Gasteiger partial charge in [0, 0.05) is 5.69 Å². The number of primary sulfonamides is 1. The van der Waals surface area contributed by atoms with Crippen LogP contribution in [0.3, 0.4) is 0 Å². The van der Waals surface area contributed by atoms with Crippen molar-refractivity contribution in [1.29, 1.82) is 0 Å². The summed E-state index contributed by atoms with van der Waals surface area (Å²) < 4.78 is 33.1. The first-order chi connectivity index (χ1) is 13.7. The number of carbonyl (C=O) groups is 2. The van der Waals surface area contributed by atoms with Crippen LogP contribution in [0.4, 0.5) is 5.69 Å². The molecular formula is C20H24N2O6S. The number of sulfonamides is 1. The molecule has 156 valence electrons. The van der Waals surface area contributed by atoms with Crippen LogP contribution in [0.1, 0.15) is 42.1 Å². The van der Waals surface area contributed by atoms with E-state index < -0.39 is 28.5 Å². The van der Waals surface area contributed by atoms with Crippen molar-refractivity contribution in [1.82, 2.24) is 0 Å². The van der Waals surface area contributed by atoms with E-state index in [1.54, 1.807) is 12.1 Å². The average molecular weight is 420 g/mol. The Balaban J connectivity index is 2.11. The van der Waals surface area contributed by atoms with Crippen molar-refractivity contribution in [2.45, 2.75) is 31.1 Å². The number of methoxy groups -OCH3 is 1. The predicted octanol–water partition coefficient (Wildman–Crippen LogP) is 2.65. The van der Waals surface area contributed by atoms with Crippen LogP contribution in [0.25, 0.3) is 0 Å². The summed E-state index contributed by atoms with van der Waals surface area (Å²) in [6, 6.07) is 11.0. The lowest BCUT2D eigenvalue weighted by Crippen LogP contribution is -2.22. The fourth-order valence-electron chi connectivity index (χ4n) is 2.68. The lowest BCUT2D eigenvalue weighted by Gasteiger charge is -2.15. The molecular weight excluding hydrogens is 396 g/mol. The van der Waals surface area contributed by atoms with E-state index in [4.69, 9.17) is 14.6 Å². The first-order valence-corrected chi connectivity index (χ1v) is 10.5. The lowest BCUT2D eigenvalue weighted by atomic mass is 9.97. The second-order valence-corrected chi connectivity index (χ2v) is 7.99. The van der Waals surface area contributed by atoms with Crippen LogP contribution in [-0.2, 0) is 19.6 Å². The number of nitrogens with one attached hydrogen (secondary N) is 1. The van der Waals surface area contributed by atoms with Gasteiger partial charge in [-0.1, -0.05) is 32.0 Å². The third kappa shape index (κ3) is 5.78. The summed E-state index contributed by atoms with van der Waals surface area (Å²) in [5.41, 5.74) is 1.49. The Morgan fingerprint density at radius 1 is 1.17 bits per heavy atom. The van der Waals surface area contributed by atoms with Crippen LogP contribution in [0.2, 0.25) is 0 Å². The quantitative estimate of drug-likeness (QED) is 0.633. The normalized spacial score (nSPS) is 12.1. The lowest BCUT2D eigenvalue weighted by molar-refractivity contribution is -0.119. The maximum atomic E-state index is 12.4. The molecule has 0 unspecified atom stereocenters. The van der Waals surface area contributed by atoms with Crippen molar-refractivity contribution in [3.63, 3.8) is 0 Å². The topological polar surface area (TPSA) is 125 Å². The van der Waals surface area contributed by atoms with Crippen molar-refractivity contribution in [2.24, 2.45) is 5.14 Å². The van der Waals surface area contributed by atoms with Gasteiger partial charge in [-0.15, -0.1) is 0 Å². The van der Waals surface area contributed by atoms with Gasteiger partial charge in [0.15, 0.2) is 6.61 Å². The second kappa shape index (κ2) is 9.53. The molecule has 0 fully saturated rings. The highest BCUT2D eigenvalue weighted by Gasteiger charge is 2.20. The maximum Gasteiger partial charge on any atom is 0.342 e. The number of anilines is 1. The number of benzene rings is 2. The first-order valence-electron chi connectivity index (χ1n) is 8.94. The molecule has 9 heteroatoms. The van der Waals surface area contributed by atoms with E-state index in [2.05, 4.69) is 12.2 Å². The van der Waals surface area contributed by atoms with E-state index in [0.29, 0.717) is 5.69 Å². The van der Waals surface area contributed by atoms with Gasteiger partial charge in [0.1, 0.15) is 11.3 Å². The summed E-state index contributed by atoms with van der Waals surface area (Å²) in [5.74, 6) is -1.07. The fourth-order valence-corrected chi connectivity index (χ4v) is 3.22. The van der Waals surface area contributed by atoms with Crippen molar-refractivity contribution < 1.29 is 27.5 Å². The molecule has 0 aliphatic heterocycles. The van der Waals surface area contributed by atoms with Gasteiger partial charge in [0.05, 0.1) is 12.0 Å². The smallest absolute Gasteiger partial charge is 0.342 e. The third-order valence-corrected chi connectivity index (χ3v) is 5.34. The maximum absolute atomic E-state index is 12.4. The Hall–Kier alpha value is -2.91. The number of carbonyl (C=O) groups excluding carboxylic acids is 2. The van der Waals surface area contributed by atoms with Gasteiger partial charge in [-0.3, -0.25) is 4.79 Å².